The predicted molar refractivity (Wildman–Crippen MR) is 94.0 cm³/mol. The number of nitrogens with zero attached hydrogens (tertiary/aromatic N) is 2. The van der Waals surface area contributed by atoms with E-state index in [0.29, 0.717) is 32.6 Å². The number of amides is 2. The van der Waals surface area contributed by atoms with Crippen LogP contribution in [0.2, 0.25) is 5.02 Å². The molecule has 2 N–H and O–H groups in total. The summed E-state index contributed by atoms with van der Waals surface area (Å²) in [4.78, 5) is 27.9. The molecule has 1 atom stereocenters. The van der Waals surface area contributed by atoms with Gasteiger partial charge in [0, 0.05) is 26.2 Å². The maximum atomic E-state index is 13.1. The minimum Gasteiger partial charge on any atom is -0.338 e. The van der Waals surface area contributed by atoms with Crippen molar-refractivity contribution in [1.29, 1.82) is 0 Å². The van der Waals surface area contributed by atoms with Crippen molar-refractivity contribution in [1.82, 2.24) is 9.80 Å². The zero-order valence-corrected chi connectivity index (χ0v) is 15.1. The topological polar surface area (TPSA) is 66.6 Å². The SMILES string of the molecule is CCCC(N)C(=O)N1CCN(C(=O)c2ccc(F)cc2Cl)CC1.Cl. The van der Waals surface area contributed by atoms with Gasteiger partial charge in [-0.3, -0.25) is 9.59 Å². The first-order valence-electron chi connectivity index (χ1n) is 7.72. The van der Waals surface area contributed by atoms with Gasteiger partial charge in [-0.2, -0.15) is 0 Å². The summed E-state index contributed by atoms with van der Waals surface area (Å²) in [6, 6.07) is 3.24. The van der Waals surface area contributed by atoms with Gasteiger partial charge in [0.15, 0.2) is 0 Å². The number of carbonyl (C=O) groups excluding carboxylic acids is 2. The highest BCUT2D eigenvalue weighted by molar-refractivity contribution is 6.33. The molecule has 0 aliphatic carbocycles. The molecule has 0 saturated carbocycles. The third-order valence-corrected chi connectivity index (χ3v) is 4.27. The average Bonchev–Trinajstić information content (AvgIpc) is 2.54. The Morgan fingerprint density at radius 3 is 2.38 bits per heavy atom. The third-order valence-electron chi connectivity index (χ3n) is 3.96. The normalized spacial score (nSPS) is 15.7. The number of halogens is 3. The van der Waals surface area contributed by atoms with Gasteiger partial charge in [0.2, 0.25) is 5.91 Å². The van der Waals surface area contributed by atoms with Gasteiger partial charge in [-0.25, -0.2) is 4.39 Å². The minimum absolute atomic E-state index is 0. The highest BCUT2D eigenvalue weighted by Crippen LogP contribution is 2.20. The summed E-state index contributed by atoms with van der Waals surface area (Å²) in [5, 5.41) is 0.0958. The van der Waals surface area contributed by atoms with Crippen molar-refractivity contribution in [2.45, 2.75) is 25.8 Å². The van der Waals surface area contributed by atoms with Crippen LogP contribution in [0.15, 0.2) is 18.2 Å². The molecule has 1 aliphatic rings. The van der Waals surface area contributed by atoms with Crippen LogP contribution in [0.4, 0.5) is 4.39 Å². The van der Waals surface area contributed by atoms with Crippen LogP contribution in [0, 0.1) is 5.82 Å². The molecule has 0 radical (unpaired) electrons. The number of piperazine rings is 1. The van der Waals surface area contributed by atoms with Gasteiger partial charge in [0.1, 0.15) is 5.82 Å². The molecule has 1 aromatic rings. The maximum absolute atomic E-state index is 13.1. The fourth-order valence-corrected chi connectivity index (χ4v) is 2.88. The molecule has 5 nitrogen and oxygen atoms in total. The highest BCUT2D eigenvalue weighted by Gasteiger charge is 2.28. The summed E-state index contributed by atoms with van der Waals surface area (Å²) in [5.74, 6) is -0.800. The van der Waals surface area contributed by atoms with Gasteiger partial charge >= 0.3 is 0 Å². The van der Waals surface area contributed by atoms with E-state index in [9.17, 15) is 14.0 Å². The second-order valence-corrected chi connectivity index (χ2v) is 6.04. The molecule has 1 aromatic carbocycles. The number of carbonyl (C=O) groups is 2. The van der Waals surface area contributed by atoms with Crippen molar-refractivity contribution >= 4 is 35.8 Å². The molecular weight excluding hydrogens is 356 g/mol. The minimum atomic E-state index is -0.480. The van der Waals surface area contributed by atoms with Crippen molar-refractivity contribution < 1.29 is 14.0 Å². The van der Waals surface area contributed by atoms with E-state index in [-0.39, 0.29) is 34.8 Å². The Labute approximate surface area is 152 Å². The molecule has 1 aliphatic heterocycles. The van der Waals surface area contributed by atoms with Crippen LogP contribution in [0.5, 0.6) is 0 Å². The van der Waals surface area contributed by atoms with E-state index in [4.69, 9.17) is 17.3 Å². The van der Waals surface area contributed by atoms with Gasteiger partial charge < -0.3 is 15.5 Å². The number of rotatable bonds is 4. The Morgan fingerprint density at radius 1 is 1.25 bits per heavy atom. The number of hydrogen-bond donors (Lipinski definition) is 1. The summed E-state index contributed by atoms with van der Waals surface area (Å²) in [7, 11) is 0. The van der Waals surface area contributed by atoms with Crippen molar-refractivity contribution in [3.8, 4) is 0 Å². The van der Waals surface area contributed by atoms with Crippen LogP contribution >= 0.6 is 24.0 Å². The monoisotopic (exact) mass is 377 g/mol. The molecule has 1 unspecified atom stereocenters. The number of benzene rings is 1. The summed E-state index contributed by atoms with van der Waals surface area (Å²) in [6.07, 6.45) is 1.51. The first kappa shape index (κ1) is 20.7. The van der Waals surface area contributed by atoms with Crippen molar-refractivity contribution in [2.75, 3.05) is 26.2 Å². The van der Waals surface area contributed by atoms with Crippen LogP contribution in [-0.4, -0.2) is 53.8 Å². The van der Waals surface area contributed by atoms with E-state index in [1.54, 1.807) is 9.80 Å². The Kier molecular flexibility index (Phi) is 7.93. The molecule has 1 fully saturated rings. The van der Waals surface area contributed by atoms with Gasteiger partial charge in [-0.1, -0.05) is 24.9 Å². The van der Waals surface area contributed by atoms with Crippen molar-refractivity contribution in [3.05, 3.63) is 34.6 Å². The molecule has 134 valence electrons. The number of hydrogen-bond acceptors (Lipinski definition) is 3. The average molecular weight is 378 g/mol. The zero-order valence-electron chi connectivity index (χ0n) is 13.5. The summed E-state index contributed by atoms with van der Waals surface area (Å²) < 4.78 is 13.1. The Bertz CT molecular complexity index is 593. The second-order valence-electron chi connectivity index (χ2n) is 5.64. The lowest BCUT2D eigenvalue weighted by atomic mass is 10.1. The standard InChI is InChI=1S/C16H21ClFN3O2.ClH/c1-2-3-14(19)16(23)21-8-6-20(7-9-21)15(22)12-5-4-11(18)10-13(12)17;/h4-5,10,14H,2-3,6-9,19H2,1H3;1H. The van der Waals surface area contributed by atoms with E-state index in [2.05, 4.69) is 0 Å². The Hall–Kier alpha value is -1.37. The molecule has 0 spiro atoms. The highest BCUT2D eigenvalue weighted by atomic mass is 35.5. The van der Waals surface area contributed by atoms with Crippen LogP contribution < -0.4 is 5.73 Å². The van der Waals surface area contributed by atoms with Gasteiger partial charge in [0.25, 0.3) is 5.91 Å². The molecule has 1 saturated heterocycles. The van der Waals surface area contributed by atoms with Crippen LogP contribution in [0.25, 0.3) is 0 Å². The smallest absolute Gasteiger partial charge is 0.255 e. The number of nitrogens with two attached hydrogens (primary N) is 1. The van der Waals surface area contributed by atoms with Crippen LogP contribution in [0.3, 0.4) is 0 Å². The summed E-state index contributed by atoms with van der Waals surface area (Å²) >= 11 is 5.93. The van der Waals surface area contributed by atoms with Gasteiger partial charge in [0.05, 0.1) is 16.6 Å². The Morgan fingerprint density at radius 2 is 1.83 bits per heavy atom. The second kappa shape index (κ2) is 9.20. The van der Waals surface area contributed by atoms with E-state index in [1.165, 1.54) is 12.1 Å². The molecule has 1 heterocycles. The van der Waals surface area contributed by atoms with Crippen molar-refractivity contribution in [2.24, 2.45) is 5.73 Å². The molecule has 2 rings (SSSR count). The predicted octanol–water partition coefficient (Wildman–Crippen LogP) is 2.31. The van der Waals surface area contributed by atoms with Gasteiger partial charge in [-0.15, -0.1) is 12.4 Å². The van der Waals surface area contributed by atoms with E-state index < -0.39 is 11.9 Å². The zero-order chi connectivity index (χ0) is 17.0. The first-order valence-corrected chi connectivity index (χ1v) is 8.10. The molecular formula is C16H22Cl2FN3O2. The third kappa shape index (κ3) is 4.82. The van der Waals surface area contributed by atoms with E-state index in [1.807, 2.05) is 6.92 Å². The summed E-state index contributed by atoms with van der Waals surface area (Å²) in [5.41, 5.74) is 6.13. The lowest BCUT2D eigenvalue weighted by Gasteiger charge is -2.36. The molecule has 0 aromatic heterocycles. The molecule has 2 amide bonds. The lowest BCUT2D eigenvalue weighted by molar-refractivity contribution is -0.134. The first-order chi connectivity index (χ1) is 10.9. The fraction of sp³-hybridized carbons (Fsp3) is 0.500. The maximum Gasteiger partial charge on any atom is 0.255 e. The largest absolute Gasteiger partial charge is 0.338 e. The molecule has 8 heteroatoms. The molecule has 0 bridgehead atoms. The Balaban J connectivity index is 0.00000288. The quantitative estimate of drug-likeness (QED) is 0.875. The summed E-state index contributed by atoms with van der Waals surface area (Å²) in [6.45, 7) is 3.70. The lowest BCUT2D eigenvalue weighted by Crippen LogP contribution is -2.54. The van der Waals surface area contributed by atoms with E-state index >= 15 is 0 Å². The van der Waals surface area contributed by atoms with Crippen LogP contribution in [0.1, 0.15) is 30.1 Å². The van der Waals surface area contributed by atoms with Crippen molar-refractivity contribution in [3.63, 3.8) is 0 Å². The van der Waals surface area contributed by atoms with Gasteiger partial charge in [-0.05, 0) is 24.6 Å². The fourth-order valence-electron chi connectivity index (χ4n) is 2.63. The van der Waals surface area contributed by atoms with E-state index in [0.717, 1.165) is 12.5 Å². The molecule has 24 heavy (non-hydrogen) atoms. The van der Waals surface area contributed by atoms with Crippen LogP contribution in [-0.2, 0) is 4.79 Å².